The van der Waals surface area contributed by atoms with Gasteiger partial charge in [-0.25, -0.2) is 9.37 Å². The number of methoxy groups -OCH3 is 1. The number of piperidine rings is 2. The number of halogens is 1. The number of nitrogens with one attached hydrogen (secondary N) is 3. The maximum absolute atomic E-state index is 14.6. The SMILES string of the molecule is CC[C@H]1C(c2cnc(-c3ncc(C#CC4CCC(CN5CCC(OCCNc6cccc7c6C(=O)N(C6CCC(=O)NC6=O)C7=O)CC5)CC4)c4cc(C(N)=O)c(OC)cc34)s2)NC(=O)[C@H]1F. The van der Waals surface area contributed by atoms with Gasteiger partial charge in [-0.15, -0.1) is 11.3 Å². The molecular formula is C49H53FN8O8S. The molecule has 6 heterocycles. The molecule has 2 aromatic heterocycles. The zero-order chi connectivity index (χ0) is 46.9. The van der Waals surface area contributed by atoms with Crippen molar-refractivity contribution >= 4 is 63.2 Å². The van der Waals surface area contributed by atoms with Gasteiger partial charge in [0.15, 0.2) is 6.17 Å². The second kappa shape index (κ2) is 19.5. The minimum atomic E-state index is -1.57. The van der Waals surface area contributed by atoms with Crippen molar-refractivity contribution in [3.05, 3.63) is 69.9 Å². The minimum absolute atomic E-state index is 0.0635. The normalized spacial score (nSPS) is 24.6. The molecule has 1 saturated carbocycles. The number of pyridine rings is 1. The lowest BCUT2D eigenvalue weighted by molar-refractivity contribution is -0.136. The van der Waals surface area contributed by atoms with E-state index in [1.165, 1.54) is 18.4 Å². The number of nitrogens with zero attached hydrogens (tertiary/aromatic N) is 4. The largest absolute Gasteiger partial charge is 0.496 e. The first-order valence-electron chi connectivity index (χ1n) is 23.1. The van der Waals surface area contributed by atoms with Crippen molar-refractivity contribution in [3.8, 4) is 28.3 Å². The molecule has 0 bridgehead atoms. The first-order chi connectivity index (χ1) is 32.4. The number of thiazole rings is 1. The van der Waals surface area contributed by atoms with E-state index in [1.54, 1.807) is 42.7 Å². The van der Waals surface area contributed by atoms with Crippen LogP contribution in [0, 0.1) is 29.6 Å². The highest BCUT2D eigenvalue weighted by molar-refractivity contribution is 7.15. The van der Waals surface area contributed by atoms with Gasteiger partial charge in [-0.2, -0.15) is 0 Å². The number of anilines is 1. The Kier molecular flexibility index (Phi) is 13.4. The van der Waals surface area contributed by atoms with Crippen LogP contribution < -0.4 is 26.4 Å². The Morgan fingerprint density at radius 1 is 0.985 bits per heavy atom. The number of nitrogens with two attached hydrogens (primary N) is 1. The van der Waals surface area contributed by atoms with E-state index in [9.17, 15) is 33.2 Å². The molecule has 350 valence electrons. The van der Waals surface area contributed by atoms with Crippen LogP contribution in [0.1, 0.15) is 112 Å². The van der Waals surface area contributed by atoms with E-state index < -0.39 is 59.6 Å². The van der Waals surface area contributed by atoms with Crippen molar-refractivity contribution in [2.75, 3.05) is 45.2 Å². The molecule has 18 heteroatoms. The van der Waals surface area contributed by atoms with E-state index in [0.717, 1.165) is 67.9 Å². The van der Waals surface area contributed by atoms with E-state index in [4.69, 9.17) is 20.2 Å². The molecule has 4 atom stereocenters. The van der Waals surface area contributed by atoms with E-state index >= 15 is 0 Å². The number of likely N-dealkylation sites (tertiary alicyclic amines) is 1. The molecule has 4 fully saturated rings. The number of hydrogen-bond acceptors (Lipinski definition) is 13. The quantitative estimate of drug-likeness (QED) is 0.0778. The fourth-order valence-electron chi connectivity index (χ4n) is 10.2. The fourth-order valence-corrected chi connectivity index (χ4v) is 11.3. The fraction of sp³-hybridized carbons (Fsp3) is 0.469. The third-order valence-electron chi connectivity index (χ3n) is 13.9. The highest BCUT2D eigenvalue weighted by atomic mass is 32.1. The van der Waals surface area contributed by atoms with Crippen LogP contribution in [0.5, 0.6) is 5.75 Å². The summed E-state index contributed by atoms with van der Waals surface area (Å²) in [7, 11) is 1.47. The van der Waals surface area contributed by atoms with Gasteiger partial charge in [0.25, 0.3) is 23.6 Å². The lowest BCUT2D eigenvalue weighted by Gasteiger charge is -2.36. The molecule has 4 aliphatic heterocycles. The van der Waals surface area contributed by atoms with E-state index in [0.29, 0.717) is 64.0 Å². The van der Waals surface area contributed by atoms with Crippen LogP contribution >= 0.6 is 11.3 Å². The number of hydrogen-bond donors (Lipinski definition) is 4. The Balaban J connectivity index is 0.762. The molecule has 9 rings (SSSR count). The first kappa shape index (κ1) is 45.8. The maximum Gasteiger partial charge on any atom is 0.264 e. The van der Waals surface area contributed by atoms with Crippen molar-refractivity contribution in [1.82, 2.24) is 30.4 Å². The van der Waals surface area contributed by atoms with Crippen LogP contribution in [0.4, 0.5) is 10.1 Å². The average molecular weight is 933 g/mol. The summed E-state index contributed by atoms with van der Waals surface area (Å²) in [6, 6.07) is 6.96. The Morgan fingerprint density at radius 3 is 2.51 bits per heavy atom. The van der Waals surface area contributed by atoms with Crippen molar-refractivity contribution in [2.45, 2.75) is 89.1 Å². The van der Waals surface area contributed by atoms with Gasteiger partial charge in [-0.1, -0.05) is 24.8 Å². The van der Waals surface area contributed by atoms with Crippen LogP contribution in [-0.4, -0.2) is 113 Å². The van der Waals surface area contributed by atoms with Gasteiger partial charge < -0.3 is 30.7 Å². The second-order valence-electron chi connectivity index (χ2n) is 18.0. The molecule has 2 aromatic carbocycles. The van der Waals surface area contributed by atoms with Crippen LogP contribution in [-0.2, 0) is 19.1 Å². The van der Waals surface area contributed by atoms with Crippen molar-refractivity contribution in [3.63, 3.8) is 0 Å². The number of fused-ring (bicyclic) bond motifs is 2. The zero-order valence-corrected chi connectivity index (χ0v) is 38.2. The van der Waals surface area contributed by atoms with Crippen LogP contribution in [0.25, 0.3) is 21.5 Å². The lowest BCUT2D eigenvalue weighted by Crippen LogP contribution is -2.54. The Morgan fingerprint density at radius 2 is 1.78 bits per heavy atom. The number of amides is 6. The molecule has 5 N–H and O–H groups in total. The first-order valence-corrected chi connectivity index (χ1v) is 23.9. The summed E-state index contributed by atoms with van der Waals surface area (Å²) in [5, 5.41) is 10.2. The molecule has 2 unspecified atom stereocenters. The van der Waals surface area contributed by atoms with Gasteiger partial charge in [0.2, 0.25) is 11.8 Å². The smallest absolute Gasteiger partial charge is 0.264 e. The summed E-state index contributed by atoms with van der Waals surface area (Å²) in [6.45, 7) is 5.64. The summed E-state index contributed by atoms with van der Waals surface area (Å²) in [5.41, 5.74) is 8.20. The average Bonchev–Trinajstić information content (AvgIpc) is 4.00. The number of aromatic nitrogens is 2. The minimum Gasteiger partial charge on any atom is -0.496 e. The Hall–Kier alpha value is -6.29. The third kappa shape index (κ3) is 9.24. The number of ether oxygens (including phenoxy) is 2. The van der Waals surface area contributed by atoms with Gasteiger partial charge >= 0.3 is 0 Å². The van der Waals surface area contributed by atoms with E-state index in [2.05, 4.69) is 37.7 Å². The van der Waals surface area contributed by atoms with Crippen LogP contribution in [0.15, 0.2) is 42.7 Å². The van der Waals surface area contributed by atoms with Gasteiger partial charge in [-0.3, -0.25) is 44.0 Å². The molecule has 0 radical (unpaired) electrons. The number of imide groups is 2. The molecule has 0 spiro atoms. The Bertz CT molecular complexity index is 2700. The van der Waals surface area contributed by atoms with Gasteiger partial charge in [0, 0.05) is 78.2 Å². The van der Waals surface area contributed by atoms with E-state index in [-0.39, 0.29) is 41.6 Å². The number of benzene rings is 2. The van der Waals surface area contributed by atoms with Crippen LogP contribution in [0.3, 0.4) is 0 Å². The number of primary amides is 1. The van der Waals surface area contributed by atoms with Gasteiger partial charge in [0.1, 0.15) is 22.5 Å². The number of rotatable bonds is 13. The summed E-state index contributed by atoms with van der Waals surface area (Å²) < 4.78 is 26.4. The third-order valence-corrected chi connectivity index (χ3v) is 15.0. The highest BCUT2D eigenvalue weighted by Crippen LogP contribution is 2.41. The topological polar surface area (TPSA) is 215 Å². The number of alkyl halides is 1. The predicted octanol–water partition coefficient (Wildman–Crippen LogP) is 5.15. The summed E-state index contributed by atoms with van der Waals surface area (Å²) >= 11 is 1.34. The second-order valence-corrected chi connectivity index (χ2v) is 19.0. The van der Waals surface area contributed by atoms with Crippen molar-refractivity contribution in [2.24, 2.45) is 23.5 Å². The Labute approximate surface area is 390 Å². The highest BCUT2D eigenvalue weighted by Gasteiger charge is 2.46. The lowest BCUT2D eigenvalue weighted by atomic mass is 9.81. The molecule has 5 aliphatic rings. The van der Waals surface area contributed by atoms with Crippen molar-refractivity contribution in [1.29, 1.82) is 0 Å². The summed E-state index contributed by atoms with van der Waals surface area (Å²) in [6.07, 6.45) is 8.50. The van der Waals surface area contributed by atoms with Gasteiger partial charge in [-0.05, 0) is 81.5 Å². The van der Waals surface area contributed by atoms with Crippen LogP contribution in [0.2, 0.25) is 0 Å². The predicted molar refractivity (Wildman–Crippen MR) is 247 cm³/mol. The molecule has 16 nitrogen and oxygen atoms in total. The standard InChI is InChI=1S/C49H53FN8O8S/c1-3-30-41(50)46(62)56-42(30)38-24-54-47(67-38)43-33-22-37(65-2)34(44(51)60)21-32(33)28(23-53-43)12-11-26-7-9-27(10-8-26)25-57-18-15-29(16-19-57)66-20-17-52-35-6-4-5-31-40(35)49(64)58(48(31)63)36-13-14-39(59)55-45(36)61/h4-6,21-24,26-27,29-30,36,41-42,52H,3,7-10,13-20,25H2,1-2H3,(H2,51,60)(H,56,62)(H,55,59,61)/t26?,27?,30-,36?,41+,42?/m1/s1. The molecule has 4 aromatic rings. The molecule has 6 amide bonds. The number of carbonyl (C=O) groups excluding carboxylic acids is 6. The van der Waals surface area contributed by atoms with E-state index in [1.807, 2.05) is 6.92 Å². The van der Waals surface area contributed by atoms with Gasteiger partial charge in [0.05, 0.1) is 48.1 Å². The molecular weight excluding hydrogens is 880 g/mol. The summed E-state index contributed by atoms with van der Waals surface area (Å²) in [5.74, 6) is 4.11. The number of carbonyl (C=O) groups is 6. The molecule has 67 heavy (non-hydrogen) atoms. The molecule has 1 aliphatic carbocycles. The zero-order valence-electron chi connectivity index (χ0n) is 37.4. The maximum atomic E-state index is 14.6. The monoisotopic (exact) mass is 932 g/mol. The summed E-state index contributed by atoms with van der Waals surface area (Å²) in [4.78, 5) is 89.1. The molecule has 3 saturated heterocycles. The van der Waals surface area contributed by atoms with Crippen molar-refractivity contribution < 1.29 is 42.6 Å².